The predicted octanol–water partition coefficient (Wildman–Crippen LogP) is 0.539. The molecule has 0 spiro atoms. The zero-order valence-electron chi connectivity index (χ0n) is 10.5. The van der Waals surface area contributed by atoms with Gasteiger partial charge in [0.2, 0.25) is 0 Å². The van der Waals surface area contributed by atoms with Gasteiger partial charge in [-0.05, 0) is 19.1 Å². The van der Waals surface area contributed by atoms with E-state index in [9.17, 15) is 4.79 Å². The minimum atomic E-state index is -0.359. The van der Waals surface area contributed by atoms with E-state index in [1.54, 1.807) is 4.90 Å². The number of hydrogen-bond acceptors (Lipinski definition) is 5. The number of nitrogen functional groups attached to an aromatic ring is 1. The van der Waals surface area contributed by atoms with Crippen LogP contribution >= 0.6 is 11.6 Å². The molecule has 1 saturated heterocycles. The summed E-state index contributed by atoms with van der Waals surface area (Å²) in [6.07, 6.45) is -0.480. The van der Waals surface area contributed by atoms with Crippen LogP contribution in [0.1, 0.15) is 17.3 Å². The molecule has 0 aliphatic carbocycles. The van der Waals surface area contributed by atoms with Crippen molar-refractivity contribution in [1.82, 2.24) is 9.88 Å². The van der Waals surface area contributed by atoms with Gasteiger partial charge >= 0.3 is 0 Å². The highest BCUT2D eigenvalue weighted by atomic mass is 35.5. The summed E-state index contributed by atoms with van der Waals surface area (Å²) in [5, 5.41) is 9.34. The number of aromatic nitrogens is 1. The third kappa shape index (κ3) is 3.34. The van der Waals surface area contributed by atoms with E-state index in [4.69, 9.17) is 27.2 Å². The van der Waals surface area contributed by atoms with Crippen molar-refractivity contribution in [3.8, 4) is 0 Å². The van der Waals surface area contributed by atoms with Crippen LogP contribution in [-0.2, 0) is 4.74 Å². The van der Waals surface area contributed by atoms with Gasteiger partial charge in [0.1, 0.15) is 11.0 Å². The number of morpholine rings is 1. The quantitative estimate of drug-likeness (QED) is 0.774. The van der Waals surface area contributed by atoms with Crippen LogP contribution < -0.4 is 5.73 Å². The van der Waals surface area contributed by atoms with Crippen LogP contribution in [0.5, 0.6) is 0 Å². The van der Waals surface area contributed by atoms with Crippen molar-refractivity contribution in [3.05, 3.63) is 22.8 Å². The van der Waals surface area contributed by atoms with Crippen LogP contribution in [0.15, 0.2) is 12.1 Å². The topological polar surface area (TPSA) is 88.7 Å². The largest absolute Gasteiger partial charge is 0.394 e. The fourth-order valence-electron chi connectivity index (χ4n) is 2.14. The predicted molar refractivity (Wildman–Crippen MR) is 71.0 cm³/mol. The lowest BCUT2D eigenvalue weighted by Crippen LogP contribution is -2.50. The highest BCUT2D eigenvalue weighted by molar-refractivity contribution is 6.29. The average molecular weight is 286 g/mol. The number of aliphatic hydroxyl groups is 1. The molecule has 19 heavy (non-hydrogen) atoms. The normalized spacial score (nSPS) is 23.4. The standard InChI is InChI=1S/C12H16ClN3O3/c1-7-4-16(5-9(6-17)19-7)12(18)8-2-10(13)15-11(14)3-8/h2-3,7,9,17H,4-6H2,1H3,(H2,14,15). The zero-order chi connectivity index (χ0) is 14.0. The molecule has 2 unspecified atom stereocenters. The lowest BCUT2D eigenvalue weighted by Gasteiger charge is -2.36. The molecular weight excluding hydrogens is 270 g/mol. The smallest absolute Gasteiger partial charge is 0.254 e. The first-order valence-electron chi connectivity index (χ1n) is 5.98. The van der Waals surface area contributed by atoms with Gasteiger partial charge in [-0.15, -0.1) is 0 Å². The average Bonchev–Trinajstić information content (AvgIpc) is 2.35. The van der Waals surface area contributed by atoms with Crippen LogP contribution in [-0.4, -0.2) is 52.8 Å². The summed E-state index contributed by atoms with van der Waals surface area (Å²) in [4.78, 5) is 17.8. The Labute approximate surface area is 116 Å². The first-order valence-corrected chi connectivity index (χ1v) is 6.36. The van der Waals surface area contributed by atoms with Crippen molar-refractivity contribution in [2.24, 2.45) is 0 Å². The maximum atomic E-state index is 12.4. The second kappa shape index (κ2) is 5.73. The van der Waals surface area contributed by atoms with Crippen molar-refractivity contribution < 1.29 is 14.6 Å². The van der Waals surface area contributed by atoms with Gasteiger partial charge in [0.05, 0.1) is 18.8 Å². The monoisotopic (exact) mass is 285 g/mol. The molecule has 0 aromatic carbocycles. The number of ether oxygens (including phenoxy) is 1. The van der Waals surface area contributed by atoms with E-state index in [0.29, 0.717) is 18.7 Å². The van der Waals surface area contributed by atoms with Gasteiger partial charge in [-0.1, -0.05) is 11.6 Å². The summed E-state index contributed by atoms with van der Waals surface area (Å²) in [6, 6.07) is 2.97. The van der Waals surface area contributed by atoms with E-state index in [1.807, 2.05) is 6.92 Å². The third-order valence-corrected chi connectivity index (χ3v) is 3.07. The van der Waals surface area contributed by atoms with E-state index < -0.39 is 0 Å². The zero-order valence-corrected chi connectivity index (χ0v) is 11.3. The molecule has 1 aromatic rings. The Bertz CT molecular complexity index is 463. The van der Waals surface area contributed by atoms with Gasteiger partial charge in [0, 0.05) is 18.7 Å². The maximum Gasteiger partial charge on any atom is 0.254 e. The lowest BCUT2D eigenvalue weighted by molar-refractivity contribution is -0.0858. The fraction of sp³-hybridized carbons (Fsp3) is 0.500. The summed E-state index contributed by atoms with van der Waals surface area (Å²) >= 11 is 5.79. The van der Waals surface area contributed by atoms with E-state index in [0.717, 1.165) is 0 Å². The first-order chi connectivity index (χ1) is 8.99. The van der Waals surface area contributed by atoms with Gasteiger partial charge in [-0.2, -0.15) is 0 Å². The molecule has 1 aliphatic rings. The maximum absolute atomic E-state index is 12.4. The SMILES string of the molecule is CC1CN(C(=O)c2cc(N)nc(Cl)c2)CC(CO)O1. The summed E-state index contributed by atoms with van der Waals surface area (Å²) in [7, 11) is 0. The molecule has 104 valence electrons. The Morgan fingerprint density at radius 1 is 1.63 bits per heavy atom. The number of nitrogens with two attached hydrogens (primary N) is 1. The van der Waals surface area contributed by atoms with Crippen molar-refractivity contribution in [1.29, 1.82) is 0 Å². The Morgan fingerprint density at radius 3 is 3.00 bits per heavy atom. The molecule has 2 heterocycles. The molecule has 1 aromatic heterocycles. The number of aliphatic hydroxyl groups excluding tert-OH is 1. The number of nitrogens with zero attached hydrogens (tertiary/aromatic N) is 2. The van der Waals surface area contributed by atoms with Gasteiger partial charge in [-0.25, -0.2) is 4.98 Å². The Kier molecular flexibility index (Phi) is 4.24. The Balaban J connectivity index is 2.18. The Morgan fingerprint density at radius 2 is 2.37 bits per heavy atom. The molecule has 6 nitrogen and oxygen atoms in total. The van der Waals surface area contributed by atoms with Crippen LogP contribution in [0.3, 0.4) is 0 Å². The van der Waals surface area contributed by atoms with E-state index in [1.165, 1.54) is 12.1 Å². The molecule has 2 rings (SSSR count). The van der Waals surface area contributed by atoms with Crippen LogP contribution in [0.25, 0.3) is 0 Å². The summed E-state index contributed by atoms with van der Waals surface area (Å²) in [5.41, 5.74) is 5.97. The van der Waals surface area contributed by atoms with Crippen molar-refractivity contribution in [2.45, 2.75) is 19.1 Å². The van der Waals surface area contributed by atoms with E-state index in [2.05, 4.69) is 4.98 Å². The van der Waals surface area contributed by atoms with Crippen LogP contribution in [0.4, 0.5) is 5.82 Å². The minimum absolute atomic E-state index is 0.118. The molecule has 0 bridgehead atoms. The van der Waals surface area contributed by atoms with Gasteiger partial charge in [-0.3, -0.25) is 4.79 Å². The van der Waals surface area contributed by atoms with Gasteiger partial charge in [0.25, 0.3) is 5.91 Å². The van der Waals surface area contributed by atoms with E-state index in [-0.39, 0.29) is 35.7 Å². The van der Waals surface area contributed by atoms with Crippen molar-refractivity contribution in [3.63, 3.8) is 0 Å². The summed E-state index contributed by atoms with van der Waals surface area (Å²) < 4.78 is 5.49. The second-order valence-electron chi connectivity index (χ2n) is 4.56. The molecular formula is C12H16ClN3O3. The van der Waals surface area contributed by atoms with Crippen LogP contribution in [0.2, 0.25) is 5.15 Å². The fourth-order valence-corrected chi connectivity index (χ4v) is 2.35. The number of pyridine rings is 1. The third-order valence-electron chi connectivity index (χ3n) is 2.88. The highest BCUT2D eigenvalue weighted by Crippen LogP contribution is 2.17. The second-order valence-corrected chi connectivity index (χ2v) is 4.95. The number of anilines is 1. The van der Waals surface area contributed by atoms with Gasteiger partial charge in [0.15, 0.2) is 0 Å². The first kappa shape index (κ1) is 14.0. The number of amides is 1. The molecule has 1 fully saturated rings. The van der Waals surface area contributed by atoms with Crippen LogP contribution in [0, 0.1) is 0 Å². The summed E-state index contributed by atoms with van der Waals surface area (Å²) in [5.74, 6) is 0.0143. The van der Waals surface area contributed by atoms with Crippen molar-refractivity contribution >= 4 is 23.3 Å². The molecule has 0 saturated carbocycles. The number of hydrogen-bond donors (Lipinski definition) is 2. The molecule has 1 amide bonds. The molecule has 7 heteroatoms. The lowest BCUT2D eigenvalue weighted by atomic mass is 10.1. The van der Waals surface area contributed by atoms with E-state index >= 15 is 0 Å². The number of carbonyl (C=O) groups is 1. The minimum Gasteiger partial charge on any atom is -0.394 e. The number of rotatable bonds is 2. The van der Waals surface area contributed by atoms with Gasteiger partial charge < -0.3 is 20.5 Å². The summed E-state index contributed by atoms with van der Waals surface area (Å²) in [6.45, 7) is 2.55. The Hall–Kier alpha value is -1.37. The molecule has 3 N–H and O–H groups in total. The molecule has 0 radical (unpaired) electrons. The highest BCUT2D eigenvalue weighted by Gasteiger charge is 2.28. The number of halogens is 1. The molecule has 2 atom stereocenters. The molecule has 1 aliphatic heterocycles. The number of carbonyl (C=O) groups excluding carboxylic acids is 1. The van der Waals surface area contributed by atoms with Crippen molar-refractivity contribution in [2.75, 3.05) is 25.4 Å².